The van der Waals surface area contributed by atoms with Crippen molar-refractivity contribution in [3.63, 3.8) is 0 Å². The number of hydrogen-bond donors (Lipinski definition) is 1. The van der Waals surface area contributed by atoms with Crippen molar-refractivity contribution in [1.29, 1.82) is 5.26 Å². The van der Waals surface area contributed by atoms with Crippen LogP contribution in [0.5, 0.6) is 0 Å². The molecule has 100 valence electrons. The van der Waals surface area contributed by atoms with Crippen LogP contribution < -0.4 is 5.73 Å². The maximum Gasteiger partial charge on any atom is 0.0991 e. The second-order valence-corrected chi connectivity index (χ2v) is 4.90. The third-order valence-corrected chi connectivity index (χ3v) is 3.43. The molecule has 21 heavy (non-hydrogen) atoms. The maximum atomic E-state index is 8.86. The average molecular weight is 270 g/mol. The molecule has 0 fully saturated rings. The van der Waals surface area contributed by atoms with Gasteiger partial charge in [-0.05, 0) is 52.6 Å². The second-order valence-electron chi connectivity index (χ2n) is 4.90. The van der Waals surface area contributed by atoms with Crippen LogP contribution in [0.4, 0.5) is 5.69 Å². The molecule has 0 radical (unpaired) electrons. The first kappa shape index (κ1) is 13.0. The Balaban J connectivity index is 2.01. The fraction of sp³-hybridized carbons (Fsp3) is 0. The third-order valence-electron chi connectivity index (χ3n) is 3.43. The van der Waals surface area contributed by atoms with E-state index in [1.54, 1.807) is 0 Å². The zero-order valence-electron chi connectivity index (χ0n) is 11.5. The molecule has 0 aliphatic rings. The highest BCUT2D eigenvalue weighted by atomic mass is 14.5. The van der Waals surface area contributed by atoms with E-state index in [0.29, 0.717) is 5.56 Å². The van der Waals surface area contributed by atoms with E-state index in [1.807, 2.05) is 54.6 Å². The van der Waals surface area contributed by atoms with Crippen molar-refractivity contribution >= 4 is 5.69 Å². The number of benzene rings is 3. The van der Waals surface area contributed by atoms with Crippen LogP contribution in [0, 0.1) is 11.3 Å². The molecule has 0 saturated heterocycles. The largest absolute Gasteiger partial charge is 0.399 e. The van der Waals surface area contributed by atoms with Crippen molar-refractivity contribution in [3.05, 3.63) is 78.4 Å². The fourth-order valence-electron chi connectivity index (χ4n) is 2.33. The van der Waals surface area contributed by atoms with Crippen LogP contribution in [0.1, 0.15) is 5.56 Å². The smallest absolute Gasteiger partial charge is 0.0991 e. The van der Waals surface area contributed by atoms with Gasteiger partial charge in [0.1, 0.15) is 0 Å². The number of nitrogens with two attached hydrogens (primary N) is 1. The summed E-state index contributed by atoms with van der Waals surface area (Å²) in [5, 5.41) is 8.86. The Hall–Kier alpha value is -3.05. The lowest BCUT2D eigenvalue weighted by Crippen LogP contribution is -1.86. The van der Waals surface area contributed by atoms with Crippen LogP contribution in [-0.2, 0) is 0 Å². The van der Waals surface area contributed by atoms with E-state index < -0.39 is 0 Å². The predicted octanol–water partition coefficient (Wildman–Crippen LogP) is 4.47. The van der Waals surface area contributed by atoms with E-state index in [-0.39, 0.29) is 0 Å². The van der Waals surface area contributed by atoms with Gasteiger partial charge >= 0.3 is 0 Å². The number of nitriles is 1. The van der Waals surface area contributed by atoms with Crippen LogP contribution in [0.15, 0.2) is 72.8 Å². The summed E-state index contributed by atoms with van der Waals surface area (Å²) in [6.07, 6.45) is 0. The number of nitrogens with zero attached hydrogens (tertiary/aromatic N) is 1. The highest BCUT2D eigenvalue weighted by molar-refractivity contribution is 5.74. The maximum absolute atomic E-state index is 8.86. The molecule has 0 bridgehead atoms. The van der Waals surface area contributed by atoms with Gasteiger partial charge in [0.15, 0.2) is 0 Å². The highest BCUT2D eigenvalue weighted by Gasteiger charge is 2.02. The minimum atomic E-state index is 0.672. The molecule has 0 saturated carbocycles. The molecule has 0 aliphatic heterocycles. The van der Waals surface area contributed by atoms with Crippen LogP contribution in [0.2, 0.25) is 0 Å². The lowest BCUT2D eigenvalue weighted by atomic mass is 9.98. The fourth-order valence-corrected chi connectivity index (χ4v) is 2.33. The molecule has 0 atom stereocenters. The molecule has 2 N–H and O–H groups in total. The molecule has 3 rings (SSSR count). The Morgan fingerprint density at radius 2 is 1.24 bits per heavy atom. The molecule has 0 spiro atoms. The van der Waals surface area contributed by atoms with E-state index in [2.05, 4.69) is 24.3 Å². The molecule has 3 aromatic carbocycles. The van der Waals surface area contributed by atoms with Gasteiger partial charge in [-0.15, -0.1) is 0 Å². The molecular formula is C19H14N2. The molecule has 2 nitrogen and oxygen atoms in total. The Labute approximate surface area is 124 Å². The van der Waals surface area contributed by atoms with E-state index in [9.17, 15) is 0 Å². The van der Waals surface area contributed by atoms with E-state index in [1.165, 1.54) is 0 Å². The van der Waals surface area contributed by atoms with Gasteiger partial charge in [0.2, 0.25) is 0 Å². The van der Waals surface area contributed by atoms with Crippen molar-refractivity contribution in [3.8, 4) is 28.3 Å². The molecule has 0 heterocycles. The molecule has 2 heteroatoms. The first-order valence-corrected chi connectivity index (χ1v) is 6.73. The SMILES string of the molecule is N#Cc1ccc(-c2cccc(-c3cccc(N)c3)c2)cc1. The Kier molecular flexibility index (Phi) is 3.41. The molecule has 0 unspecified atom stereocenters. The minimum absolute atomic E-state index is 0.672. The molecule has 0 aromatic heterocycles. The number of anilines is 1. The highest BCUT2D eigenvalue weighted by Crippen LogP contribution is 2.27. The monoisotopic (exact) mass is 270 g/mol. The molecular weight excluding hydrogens is 256 g/mol. The van der Waals surface area contributed by atoms with E-state index in [4.69, 9.17) is 11.0 Å². The summed E-state index contributed by atoms with van der Waals surface area (Å²) in [6, 6.07) is 25.9. The molecule has 0 aliphatic carbocycles. The van der Waals surface area contributed by atoms with Crippen molar-refractivity contribution in [2.75, 3.05) is 5.73 Å². The van der Waals surface area contributed by atoms with Gasteiger partial charge in [-0.1, -0.05) is 42.5 Å². The summed E-state index contributed by atoms with van der Waals surface area (Å²) in [6.45, 7) is 0. The Bertz CT molecular complexity index is 811. The van der Waals surface area contributed by atoms with Crippen LogP contribution in [-0.4, -0.2) is 0 Å². The van der Waals surface area contributed by atoms with E-state index >= 15 is 0 Å². The number of hydrogen-bond acceptors (Lipinski definition) is 2. The van der Waals surface area contributed by atoms with Gasteiger partial charge in [0.25, 0.3) is 0 Å². The van der Waals surface area contributed by atoms with E-state index in [0.717, 1.165) is 27.9 Å². The summed E-state index contributed by atoms with van der Waals surface area (Å²) in [5.74, 6) is 0. The zero-order valence-corrected chi connectivity index (χ0v) is 11.5. The van der Waals surface area contributed by atoms with Crippen LogP contribution >= 0.6 is 0 Å². The van der Waals surface area contributed by atoms with Crippen molar-refractivity contribution in [1.82, 2.24) is 0 Å². The summed E-state index contributed by atoms with van der Waals surface area (Å²) in [4.78, 5) is 0. The first-order chi connectivity index (χ1) is 10.3. The van der Waals surface area contributed by atoms with Gasteiger partial charge in [-0.25, -0.2) is 0 Å². The lowest BCUT2D eigenvalue weighted by molar-refractivity contribution is 1.48. The zero-order chi connectivity index (χ0) is 14.7. The summed E-state index contributed by atoms with van der Waals surface area (Å²) >= 11 is 0. The van der Waals surface area contributed by atoms with Gasteiger partial charge in [0.05, 0.1) is 11.6 Å². The van der Waals surface area contributed by atoms with Gasteiger partial charge < -0.3 is 5.73 Å². The van der Waals surface area contributed by atoms with Gasteiger partial charge in [-0.3, -0.25) is 0 Å². The lowest BCUT2D eigenvalue weighted by Gasteiger charge is -2.07. The quantitative estimate of drug-likeness (QED) is 0.698. The van der Waals surface area contributed by atoms with Crippen molar-refractivity contribution in [2.45, 2.75) is 0 Å². The minimum Gasteiger partial charge on any atom is -0.399 e. The standard InChI is InChI=1S/C19H14N2/c20-13-14-7-9-15(10-8-14)16-3-1-4-17(11-16)18-5-2-6-19(21)12-18/h1-12H,21H2. The number of nitrogen functional groups attached to an aromatic ring is 1. The van der Waals surface area contributed by atoms with Gasteiger partial charge in [-0.2, -0.15) is 5.26 Å². The molecule has 3 aromatic rings. The van der Waals surface area contributed by atoms with Gasteiger partial charge in [0, 0.05) is 5.69 Å². The summed E-state index contributed by atoms with van der Waals surface area (Å²) in [7, 11) is 0. The van der Waals surface area contributed by atoms with Crippen LogP contribution in [0.3, 0.4) is 0 Å². The summed E-state index contributed by atoms with van der Waals surface area (Å²) < 4.78 is 0. The Morgan fingerprint density at radius 1 is 0.667 bits per heavy atom. The average Bonchev–Trinajstić information content (AvgIpc) is 2.55. The van der Waals surface area contributed by atoms with Crippen molar-refractivity contribution < 1.29 is 0 Å². The predicted molar refractivity (Wildman–Crippen MR) is 86.4 cm³/mol. The number of rotatable bonds is 2. The van der Waals surface area contributed by atoms with Crippen molar-refractivity contribution in [2.24, 2.45) is 0 Å². The topological polar surface area (TPSA) is 49.8 Å². The third kappa shape index (κ3) is 2.77. The normalized spacial score (nSPS) is 10.0. The second kappa shape index (κ2) is 5.52. The van der Waals surface area contributed by atoms with Crippen LogP contribution in [0.25, 0.3) is 22.3 Å². The first-order valence-electron chi connectivity index (χ1n) is 6.73. The summed E-state index contributed by atoms with van der Waals surface area (Å²) in [5.41, 5.74) is 11.7. The Morgan fingerprint density at radius 3 is 1.86 bits per heavy atom. The molecule has 0 amide bonds.